The van der Waals surface area contributed by atoms with Crippen LogP contribution in [-0.2, 0) is 6.54 Å². The Kier molecular flexibility index (Phi) is 3.00. The van der Waals surface area contributed by atoms with Crippen molar-refractivity contribution in [2.24, 2.45) is 0 Å². The first kappa shape index (κ1) is 10.7. The van der Waals surface area contributed by atoms with Crippen LogP contribution >= 0.6 is 27.3 Å². The average molecular weight is 300 g/mol. The van der Waals surface area contributed by atoms with E-state index in [0.717, 1.165) is 18.1 Å². The Morgan fingerprint density at radius 1 is 1.56 bits per heavy atom. The zero-order chi connectivity index (χ0) is 11.0. The highest BCUT2D eigenvalue weighted by Crippen LogP contribution is 2.19. The number of alkyl halides is 1. The van der Waals surface area contributed by atoms with Gasteiger partial charge in [0.15, 0.2) is 4.96 Å². The molecule has 3 heterocycles. The molecule has 5 heteroatoms. The Labute approximate surface area is 107 Å². The molecule has 0 spiro atoms. The van der Waals surface area contributed by atoms with Gasteiger partial charge >= 0.3 is 0 Å². The summed E-state index contributed by atoms with van der Waals surface area (Å²) < 4.78 is 2.11. The highest BCUT2D eigenvalue weighted by atomic mass is 79.9. The fourth-order valence-corrected chi connectivity index (χ4v) is 3.68. The van der Waals surface area contributed by atoms with Crippen molar-refractivity contribution in [1.29, 1.82) is 0 Å². The molecular formula is C11H14BrN3S. The summed E-state index contributed by atoms with van der Waals surface area (Å²) in [5.74, 6) is 0. The number of likely N-dealkylation sites (tertiary alicyclic amines) is 1. The van der Waals surface area contributed by atoms with Gasteiger partial charge in [-0.05, 0) is 19.4 Å². The van der Waals surface area contributed by atoms with Crippen LogP contribution in [0.3, 0.4) is 0 Å². The standard InChI is InChI=1S/C11H14BrN3S/c12-9-2-1-3-14(6-9)7-10-8-15-4-5-16-11(15)13-10/h4-5,8-9H,1-3,6-7H2. The molecule has 1 aliphatic heterocycles. The van der Waals surface area contributed by atoms with Crippen LogP contribution in [0.2, 0.25) is 0 Å². The van der Waals surface area contributed by atoms with Crippen LogP contribution in [0.5, 0.6) is 0 Å². The topological polar surface area (TPSA) is 20.5 Å². The molecule has 0 N–H and O–H groups in total. The molecule has 0 amide bonds. The Morgan fingerprint density at radius 2 is 2.50 bits per heavy atom. The molecule has 0 bridgehead atoms. The first-order valence-electron chi connectivity index (χ1n) is 5.59. The molecule has 1 aliphatic rings. The fraction of sp³-hybridized carbons (Fsp3) is 0.545. The van der Waals surface area contributed by atoms with E-state index < -0.39 is 0 Å². The SMILES string of the molecule is BrC1CCCN(Cc2cn3ccsc3n2)C1. The van der Waals surface area contributed by atoms with Crippen molar-refractivity contribution in [3.8, 4) is 0 Å². The number of rotatable bonds is 2. The van der Waals surface area contributed by atoms with Crippen molar-refractivity contribution < 1.29 is 0 Å². The summed E-state index contributed by atoms with van der Waals surface area (Å²) in [6.45, 7) is 3.33. The molecule has 3 nitrogen and oxygen atoms in total. The molecule has 1 unspecified atom stereocenters. The van der Waals surface area contributed by atoms with Crippen LogP contribution in [0.1, 0.15) is 18.5 Å². The third kappa shape index (κ3) is 2.17. The van der Waals surface area contributed by atoms with E-state index in [9.17, 15) is 0 Å². The minimum Gasteiger partial charge on any atom is -0.297 e. The van der Waals surface area contributed by atoms with Crippen LogP contribution in [0.15, 0.2) is 17.8 Å². The van der Waals surface area contributed by atoms with Gasteiger partial charge < -0.3 is 0 Å². The molecule has 1 atom stereocenters. The Hall–Kier alpha value is -0.390. The van der Waals surface area contributed by atoms with Crippen molar-refractivity contribution in [1.82, 2.24) is 14.3 Å². The quantitative estimate of drug-likeness (QED) is 0.795. The van der Waals surface area contributed by atoms with Gasteiger partial charge in [-0.3, -0.25) is 9.30 Å². The number of aromatic nitrogens is 2. The van der Waals surface area contributed by atoms with E-state index in [-0.39, 0.29) is 0 Å². The number of halogens is 1. The van der Waals surface area contributed by atoms with Gasteiger partial charge in [-0.1, -0.05) is 15.9 Å². The Balaban J connectivity index is 1.71. The third-order valence-electron chi connectivity index (χ3n) is 2.98. The van der Waals surface area contributed by atoms with Gasteiger partial charge in [-0.15, -0.1) is 11.3 Å². The van der Waals surface area contributed by atoms with E-state index in [1.165, 1.54) is 25.1 Å². The number of hydrogen-bond donors (Lipinski definition) is 0. The normalized spacial score (nSPS) is 22.9. The van der Waals surface area contributed by atoms with E-state index in [4.69, 9.17) is 0 Å². The van der Waals surface area contributed by atoms with Crippen LogP contribution in [0.25, 0.3) is 4.96 Å². The van der Waals surface area contributed by atoms with Gasteiger partial charge in [-0.2, -0.15) is 0 Å². The van der Waals surface area contributed by atoms with E-state index in [1.54, 1.807) is 11.3 Å². The maximum absolute atomic E-state index is 4.62. The largest absolute Gasteiger partial charge is 0.297 e. The minimum atomic E-state index is 0.657. The first-order valence-corrected chi connectivity index (χ1v) is 7.38. The Bertz CT molecular complexity index is 450. The molecule has 0 aromatic carbocycles. The van der Waals surface area contributed by atoms with Crippen molar-refractivity contribution in [3.63, 3.8) is 0 Å². The smallest absolute Gasteiger partial charge is 0.193 e. The monoisotopic (exact) mass is 299 g/mol. The van der Waals surface area contributed by atoms with Crippen molar-refractivity contribution in [2.75, 3.05) is 13.1 Å². The van der Waals surface area contributed by atoms with Crippen LogP contribution in [0.4, 0.5) is 0 Å². The number of nitrogens with zero attached hydrogens (tertiary/aromatic N) is 3. The summed E-state index contributed by atoms with van der Waals surface area (Å²) in [5, 5.41) is 2.07. The molecule has 0 aliphatic carbocycles. The van der Waals surface area contributed by atoms with Crippen LogP contribution in [-0.4, -0.2) is 32.2 Å². The van der Waals surface area contributed by atoms with Crippen molar-refractivity contribution >= 4 is 32.2 Å². The predicted molar refractivity (Wildman–Crippen MR) is 70.3 cm³/mol. The predicted octanol–water partition coefficient (Wildman–Crippen LogP) is 2.76. The maximum atomic E-state index is 4.62. The highest BCUT2D eigenvalue weighted by Gasteiger charge is 2.18. The zero-order valence-electron chi connectivity index (χ0n) is 8.97. The first-order chi connectivity index (χ1) is 7.81. The molecule has 2 aromatic rings. The van der Waals surface area contributed by atoms with E-state index in [0.29, 0.717) is 4.83 Å². The lowest BCUT2D eigenvalue weighted by Gasteiger charge is -2.29. The Morgan fingerprint density at radius 3 is 3.31 bits per heavy atom. The highest BCUT2D eigenvalue weighted by molar-refractivity contribution is 9.09. The molecule has 3 rings (SSSR count). The molecule has 0 saturated carbocycles. The minimum absolute atomic E-state index is 0.657. The van der Waals surface area contributed by atoms with E-state index in [2.05, 4.69) is 48.0 Å². The van der Waals surface area contributed by atoms with Crippen LogP contribution in [0, 0.1) is 0 Å². The zero-order valence-corrected chi connectivity index (χ0v) is 11.4. The lowest BCUT2D eigenvalue weighted by molar-refractivity contribution is 0.226. The number of fused-ring (bicyclic) bond motifs is 1. The molecular weight excluding hydrogens is 286 g/mol. The number of thiazole rings is 1. The average Bonchev–Trinajstić information content (AvgIpc) is 2.77. The lowest BCUT2D eigenvalue weighted by Crippen LogP contribution is -2.35. The summed E-state index contributed by atoms with van der Waals surface area (Å²) in [5.41, 5.74) is 1.19. The third-order valence-corrected chi connectivity index (χ3v) is 4.49. The molecule has 86 valence electrons. The summed E-state index contributed by atoms with van der Waals surface area (Å²) in [6, 6.07) is 0. The van der Waals surface area contributed by atoms with Gasteiger partial charge in [0.1, 0.15) is 0 Å². The van der Waals surface area contributed by atoms with Crippen molar-refractivity contribution in [3.05, 3.63) is 23.5 Å². The molecule has 1 fully saturated rings. The van der Waals surface area contributed by atoms with Gasteiger partial charge in [0.2, 0.25) is 0 Å². The van der Waals surface area contributed by atoms with Gasteiger partial charge in [0.25, 0.3) is 0 Å². The number of piperidine rings is 1. The summed E-state index contributed by atoms with van der Waals surface area (Å²) in [6.07, 6.45) is 6.80. The second kappa shape index (κ2) is 4.47. The number of hydrogen-bond acceptors (Lipinski definition) is 3. The maximum Gasteiger partial charge on any atom is 0.193 e. The summed E-state index contributed by atoms with van der Waals surface area (Å²) in [7, 11) is 0. The van der Waals surface area contributed by atoms with Gasteiger partial charge in [0, 0.05) is 35.7 Å². The summed E-state index contributed by atoms with van der Waals surface area (Å²) >= 11 is 5.40. The van der Waals surface area contributed by atoms with Gasteiger partial charge in [-0.25, -0.2) is 4.98 Å². The van der Waals surface area contributed by atoms with E-state index in [1.807, 2.05) is 0 Å². The van der Waals surface area contributed by atoms with Crippen molar-refractivity contribution in [2.45, 2.75) is 24.2 Å². The van der Waals surface area contributed by atoms with Crippen LogP contribution < -0.4 is 0 Å². The molecule has 0 radical (unpaired) electrons. The fourth-order valence-electron chi connectivity index (χ4n) is 2.22. The molecule has 16 heavy (non-hydrogen) atoms. The van der Waals surface area contributed by atoms with E-state index >= 15 is 0 Å². The second-order valence-corrected chi connectivity index (χ2v) is 6.47. The molecule has 1 saturated heterocycles. The second-order valence-electron chi connectivity index (χ2n) is 4.30. The summed E-state index contributed by atoms with van der Waals surface area (Å²) in [4.78, 5) is 8.85. The number of imidazole rings is 1. The molecule has 2 aromatic heterocycles. The lowest BCUT2D eigenvalue weighted by atomic mass is 10.1. The van der Waals surface area contributed by atoms with Gasteiger partial charge in [0.05, 0.1) is 5.69 Å².